The Kier molecular flexibility index (Phi) is 3.91. The number of hydrogen-bond donors (Lipinski definition) is 1. The SMILES string of the molecule is CC1CCC(C(=O)O)C(Cc2ccnc3ccccc23)C1. The topological polar surface area (TPSA) is 50.2 Å². The molecule has 2 aromatic rings. The molecule has 3 unspecified atom stereocenters. The second-order valence-corrected chi connectivity index (χ2v) is 6.31. The van der Waals surface area contributed by atoms with Crippen LogP contribution in [0, 0.1) is 17.8 Å². The van der Waals surface area contributed by atoms with Gasteiger partial charge in [-0.2, -0.15) is 0 Å². The van der Waals surface area contributed by atoms with Crippen molar-refractivity contribution in [2.75, 3.05) is 0 Å². The molecule has 3 rings (SSSR count). The number of pyridine rings is 1. The lowest BCUT2D eigenvalue weighted by Gasteiger charge is -2.32. The normalized spacial score (nSPS) is 25.9. The molecule has 0 saturated heterocycles. The van der Waals surface area contributed by atoms with Gasteiger partial charge in [-0.15, -0.1) is 0 Å². The number of carboxylic acid groups (broad SMARTS) is 1. The van der Waals surface area contributed by atoms with Gasteiger partial charge in [-0.3, -0.25) is 9.78 Å². The number of rotatable bonds is 3. The van der Waals surface area contributed by atoms with Gasteiger partial charge in [0, 0.05) is 11.6 Å². The van der Waals surface area contributed by atoms with Crippen LogP contribution in [0.1, 0.15) is 31.7 Å². The Morgan fingerprint density at radius 2 is 2.10 bits per heavy atom. The third kappa shape index (κ3) is 2.92. The Balaban J connectivity index is 1.90. The second-order valence-electron chi connectivity index (χ2n) is 6.31. The molecule has 0 amide bonds. The molecule has 1 N–H and O–H groups in total. The fourth-order valence-electron chi connectivity index (χ4n) is 3.66. The summed E-state index contributed by atoms with van der Waals surface area (Å²) in [5.41, 5.74) is 2.22. The molecule has 110 valence electrons. The van der Waals surface area contributed by atoms with Crippen LogP contribution in [-0.4, -0.2) is 16.1 Å². The molecule has 3 heteroatoms. The fraction of sp³-hybridized carbons (Fsp3) is 0.444. The maximum atomic E-state index is 11.5. The molecule has 21 heavy (non-hydrogen) atoms. The van der Waals surface area contributed by atoms with Gasteiger partial charge in [-0.25, -0.2) is 0 Å². The van der Waals surface area contributed by atoms with E-state index in [1.54, 1.807) is 0 Å². The van der Waals surface area contributed by atoms with Crippen LogP contribution in [0.3, 0.4) is 0 Å². The zero-order chi connectivity index (χ0) is 14.8. The molecule has 1 aliphatic rings. The average Bonchev–Trinajstić information content (AvgIpc) is 2.47. The van der Waals surface area contributed by atoms with E-state index in [0.29, 0.717) is 5.92 Å². The highest BCUT2D eigenvalue weighted by atomic mass is 16.4. The summed E-state index contributed by atoms with van der Waals surface area (Å²) in [6.45, 7) is 2.23. The van der Waals surface area contributed by atoms with Crippen LogP contribution in [-0.2, 0) is 11.2 Å². The molecule has 1 heterocycles. The Morgan fingerprint density at radius 3 is 2.90 bits per heavy atom. The molecule has 1 fully saturated rings. The molecular formula is C18H21NO2. The van der Waals surface area contributed by atoms with Crippen LogP contribution >= 0.6 is 0 Å². The van der Waals surface area contributed by atoms with Crippen molar-refractivity contribution >= 4 is 16.9 Å². The third-order valence-electron chi connectivity index (χ3n) is 4.78. The zero-order valence-corrected chi connectivity index (χ0v) is 12.3. The van der Waals surface area contributed by atoms with Crippen molar-refractivity contribution in [3.8, 4) is 0 Å². The Hall–Kier alpha value is -1.90. The number of aliphatic carboxylic acids is 1. The summed E-state index contributed by atoms with van der Waals surface area (Å²) in [7, 11) is 0. The van der Waals surface area contributed by atoms with Crippen LogP contribution < -0.4 is 0 Å². The maximum absolute atomic E-state index is 11.5. The number of para-hydroxylation sites is 1. The van der Waals surface area contributed by atoms with Crippen molar-refractivity contribution in [3.63, 3.8) is 0 Å². The van der Waals surface area contributed by atoms with Gasteiger partial charge in [0.1, 0.15) is 0 Å². The van der Waals surface area contributed by atoms with Gasteiger partial charge in [-0.1, -0.05) is 25.1 Å². The van der Waals surface area contributed by atoms with Crippen molar-refractivity contribution in [1.29, 1.82) is 0 Å². The minimum absolute atomic E-state index is 0.201. The van der Waals surface area contributed by atoms with Crippen molar-refractivity contribution in [2.45, 2.75) is 32.6 Å². The first-order valence-electron chi connectivity index (χ1n) is 7.70. The van der Waals surface area contributed by atoms with E-state index < -0.39 is 5.97 Å². The standard InChI is InChI=1S/C18H21NO2/c1-12-6-7-16(18(20)21)14(10-12)11-13-8-9-19-17-5-3-2-4-15(13)17/h2-5,8-9,12,14,16H,6-7,10-11H2,1H3,(H,20,21). The summed E-state index contributed by atoms with van der Waals surface area (Å²) in [5, 5.41) is 10.6. The van der Waals surface area contributed by atoms with E-state index in [-0.39, 0.29) is 11.8 Å². The summed E-state index contributed by atoms with van der Waals surface area (Å²) in [6.07, 6.45) is 5.52. The van der Waals surface area contributed by atoms with Gasteiger partial charge in [0.05, 0.1) is 11.4 Å². The van der Waals surface area contributed by atoms with Crippen LogP contribution in [0.25, 0.3) is 10.9 Å². The van der Waals surface area contributed by atoms with Crippen LogP contribution in [0.4, 0.5) is 0 Å². The highest BCUT2D eigenvalue weighted by Crippen LogP contribution is 2.36. The molecular weight excluding hydrogens is 262 g/mol. The van der Waals surface area contributed by atoms with Crippen molar-refractivity contribution < 1.29 is 9.90 Å². The third-order valence-corrected chi connectivity index (χ3v) is 4.78. The molecule has 1 aromatic heterocycles. The minimum Gasteiger partial charge on any atom is -0.481 e. The summed E-state index contributed by atoms with van der Waals surface area (Å²) < 4.78 is 0. The lowest BCUT2D eigenvalue weighted by atomic mass is 9.72. The average molecular weight is 283 g/mol. The van der Waals surface area contributed by atoms with E-state index in [1.807, 2.05) is 30.5 Å². The van der Waals surface area contributed by atoms with E-state index in [9.17, 15) is 9.90 Å². The van der Waals surface area contributed by atoms with Crippen LogP contribution in [0.5, 0.6) is 0 Å². The van der Waals surface area contributed by atoms with Crippen molar-refractivity contribution in [1.82, 2.24) is 4.98 Å². The van der Waals surface area contributed by atoms with Crippen molar-refractivity contribution in [3.05, 3.63) is 42.1 Å². The van der Waals surface area contributed by atoms with Gasteiger partial charge < -0.3 is 5.11 Å². The Morgan fingerprint density at radius 1 is 1.29 bits per heavy atom. The zero-order valence-electron chi connectivity index (χ0n) is 12.3. The lowest BCUT2D eigenvalue weighted by molar-refractivity contribution is -0.145. The molecule has 3 nitrogen and oxygen atoms in total. The molecule has 0 aliphatic heterocycles. The van der Waals surface area contributed by atoms with E-state index in [1.165, 1.54) is 5.56 Å². The quantitative estimate of drug-likeness (QED) is 0.929. The van der Waals surface area contributed by atoms with E-state index in [2.05, 4.69) is 18.0 Å². The first-order chi connectivity index (χ1) is 10.1. The molecule has 1 aliphatic carbocycles. The first kappa shape index (κ1) is 14.1. The summed E-state index contributed by atoms with van der Waals surface area (Å²) in [6, 6.07) is 10.1. The number of carbonyl (C=O) groups is 1. The smallest absolute Gasteiger partial charge is 0.306 e. The highest BCUT2D eigenvalue weighted by Gasteiger charge is 2.33. The van der Waals surface area contributed by atoms with Gasteiger partial charge >= 0.3 is 5.97 Å². The molecule has 0 spiro atoms. The predicted molar refractivity (Wildman–Crippen MR) is 83.1 cm³/mol. The number of fused-ring (bicyclic) bond motifs is 1. The number of nitrogens with zero attached hydrogens (tertiary/aromatic N) is 1. The van der Waals surface area contributed by atoms with Gasteiger partial charge in [-0.05, 0) is 55.2 Å². The molecule has 1 aromatic carbocycles. The Bertz CT molecular complexity index is 647. The predicted octanol–water partition coefficient (Wildman–Crippen LogP) is 3.91. The van der Waals surface area contributed by atoms with Crippen LogP contribution in [0.15, 0.2) is 36.5 Å². The van der Waals surface area contributed by atoms with Gasteiger partial charge in [0.25, 0.3) is 0 Å². The number of aromatic nitrogens is 1. The maximum Gasteiger partial charge on any atom is 0.306 e. The first-order valence-corrected chi connectivity index (χ1v) is 7.70. The molecule has 3 atom stereocenters. The Labute approximate surface area is 125 Å². The number of carboxylic acids is 1. The van der Waals surface area contributed by atoms with Crippen LogP contribution in [0.2, 0.25) is 0 Å². The number of hydrogen-bond acceptors (Lipinski definition) is 2. The van der Waals surface area contributed by atoms with Gasteiger partial charge in [0.15, 0.2) is 0 Å². The summed E-state index contributed by atoms with van der Waals surface area (Å²) in [4.78, 5) is 15.9. The van der Waals surface area contributed by atoms with E-state index in [0.717, 1.165) is 36.6 Å². The summed E-state index contributed by atoms with van der Waals surface area (Å²) >= 11 is 0. The minimum atomic E-state index is -0.634. The fourth-order valence-corrected chi connectivity index (χ4v) is 3.66. The molecule has 0 bridgehead atoms. The lowest BCUT2D eigenvalue weighted by Crippen LogP contribution is -2.31. The van der Waals surface area contributed by atoms with E-state index >= 15 is 0 Å². The number of benzene rings is 1. The van der Waals surface area contributed by atoms with Crippen molar-refractivity contribution in [2.24, 2.45) is 17.8 Å². The molecule has 1 saturated carbocycles. The molecule has 0 radical (unpaired) electrons. The van der Waals surface area contributed by atoms with E-state index in [4.69, 9.17) is 0 Å². The second kappa shape index (κ2) is 5.84. The van der Waals surface area contributed by atoms with Gasteiger partial charge in [0.2, 0.25) is 0 Å². The monoisotopic (exact) mass is 283 g/mol. The largest absolute Gasteiger partial charge is 0.481 e. The summed E-state index contributed by atoms with van der Waals surface area (Å²) in [5.74, 6) is 0.0224. The highest BCUT2D eigenvalue weighted by molar-refractivity contribution is 5.82.